The van der Waals surface area contributed by atoms with Crippen molar-refractivity contribution in [2.45, 2.75) is 45.3 Å². The molecule has 0 spiro atoms. The van der Waals surface area contributed by atoms with Crippen molar-refractivity contribution in [2.24, 2.45) is 5.92 Å². The van der Waals surface area contributed by atoms with Gasteiger partial charge in [0.15, 0.2) is 6.10 Å². The summed E-state index contributed by atoms with van der Waals surface area (Å²) in [6.45, 7) is 5.21. The summed E-state index contributed by atoms with van der Waals surface area (Å²) in [6, 6.07) is 15.6. The Morgan fingerprint density at radius 1 is 0.969 bits per heavy atom. The first-order chi connectivity index (χ1) is 15.3. The third kappa shape index (κ3) is 5.45. The smallest absolute Gasteiger partial charge is 0.407 e. The summed E-state index contributed by atoms with van der Waals surface area (Å²) in [6.07, 6.45) is -1.86. The normalized spacial score (nSPS) is 14.2. The summed E-state index contributed by atoms with van der Waals surface area (Å²) in [7, 11) is 0. The molecule has 0 radical (unpaired) electrons. The number of hydroxylamine groups is 1. The molecule has 170 valence electrons. The van der Waals surface area contributed by atoms with E-state index >= 15 is 0 Å². The van der Waals surface area contributed by atoms with Gasteiger partial charge in [-0.05, 0) is 35.1 Å². The number of hydrogen-bond acceptors (Lipinski definition) is 5. The molecule has 3 N–H and O–H groups in total. The third-order valence-corrected chi connectivity index (χ3v) is 5.55. The van der Waals surface area contributed by atoms with Crippen LogP contribution in [0, 0.1) is 5.92 Å². The van der Waals surface area contributed by atoms with Crippen LogP contribution in [0.1, 0.15) is 44.2 Å². The van der Waals surface area contributed by atoms with Crippen LogP contribution in [-0.4, -0.2) is 41.8 Å². The number of aliphatic carboxylic acids is 1. The Bertz CT molecular complexity index is 944. The van der Waals surface area contributed by atoms with Gasteiger partial charge in [-0.15, -0.1) is 0 Å². The van der Waals surface area contributed by atoms with Crippen molar-refractivity contribution in [1.82, 2.24) is 10.8 Å². The van der Waals surface area contributed by atoms with E-state index in [2.05, 4.69) is 22.9 Å². The second-order valence-corrected chi connectivity index (χ2v) is 8.15. The number of hydrogen-bond donors (Lipinski definition) is 3. The largest absolute Gasteiger partial charge is 0.479 e. The monoisotopic (exact) mass is 440 g/mol. The average molecular weight is 440 g/mol. The standard InChI is InChI=1S/C24H28N2O6/c1-14(2)21(12-22(27)26-32-15(3)23(28)29)25-24(30)31-13-20-18-10-6-4-8-16(18)17-9-5-7-11-19(17)20/h4-11,14-15,20-21H,12-13H2,1-3H3,(H,25,30)(H,26,27)(H,28,29)/t15?,21-/m1/s1. The molecule has 2 aromatic rings. The van der Waals surface area contributed by atoms with Crippen molar-refractivity contribution in [1.29, 1.82) is 0 Å². The summed E-state index contributed by atoms with van der Waals surface area (Å²) in [5, 5.41) is 11.5. The fraction of sp³-hybridized carbons (Fsp3) is 0.375. The first-order valence-corrected chi connectivity index (χ1v) is 10.6. The van der Waals surface area contributed by atoms with Crippen LogP contribution in [0.3, 0.4) is 0 Å². The van der Waals surface area contributed by atoms with Gasteiger partial charge in [0, 0.05) is 18.4 Å². The number of carbonyl (C=O) groups is 3. The molecule has 0 heterocycles. The Morgan fingerprint density at radius 3 is 2.06 bits per heavy atom. The molecule has 2 atom stereocenters. The van der Waals surface area contributed by atoms with Gasteiger partial charge in [0.25, 0.3) is 0 Å². The maximum Gasteiger partial charge on any atom is 0.407 e. The number of amides is 2. The number of ether oxygens (including phenoxy) is 1. The molecule has 2 amide bonds. The zero-order chi connectivity index (χ0) is 23.3. The van der Waals surface area contributed by atoms with Gasteiger partial charge in [0.2, 0.25) is 5.91 Å². The number of carbonyl (C=O) groups excluding carboxylic acids is 2. The molecule has 2 aromatic carbocycles. The third-order valence-electron chi connectivity index (χ3n) is 5.55. The Balaban J connectivity index is 1.57. The maximum atomic E-state index is 12.5. The molecular weight excluding hydrogens is 412 g/mol. The minimum Gasteiger partial charge on any atom is -0.479 e. The molecule has 3 rings (SSSR count). The number of alkyl carbamates (subject to hydrolysis) is 1. The van der Waals surface area contributed by atoms with Crippen LogP contribution < -0.4 is 10.8 Å². The van der Waals surface area contributed by atoms with Crippen LogP contribution >= 0.6 is 0 Å². The van der Waals surface area contributed by atoms with Crippen molar-refractivity contribution >= 4 is 18.0 Å². The summed E-state index contributed by atoms with van der Waals surface area (Å²) in [5.41, 5.74) is 6.63. The quantitative estimate of drug-likeness (QED) is 0.515. The fourth-order valence-electron chi connectivity index (χ4n) is 3.69. The molecule has 0 saturated heterocycles. The van der Waals surface area contributed by atoms with Gasteiger partial charge in [-0.3, -0.25) is 9.63 Å². The molecule has 8 nitrogen and oxygen atoms in total. The molecule has 8 heteroatoms. The predicted octanol–water partition coefficient (Wildman–Crippen LogP) is 3.46. The molecule has 1 aliphatic rings. The zero-order valence-electron chi connectivity index (χ0n) is 18.3. The SMILES string of the molecule is CC(ONC(=O)C[C@@H](NC(=O)OCC1c2ccccc2-c2ccccc21)C(C)C)C(=O)O. The van der Waals surface area contributed by atoms with Crippen molar-refractivity contribution in [3.8, 4) is 11.1 Å². The minimum absolute atomic E-state index is 0.0557. The van der Waals surface area contributed by atoms with Crippen LogP contribution in [0.4, 0.5) is 4.79 Å². The summed E-state index contributed by atoms with van der Waals surface area (Å²) < 4.78 is 5.54. The number of rotatable bonds is 9. The number of carboxylic acid groups (broad SMARTS) is 1. The van der Waals surface area contributed by atoms with E-state index in [1.165, 1.54) is 6.92 Å². The van der Waals surface area contributed by atoms with E-state index in [4.69, 9.17) is 14.7 Å². The topological polar surface area (TPSA) is 114 Å². The van der Waals surface area contributed by atoms with Gasteiger partial charge in [-0.25, -0.2) is 15.1 Å². The second kappa shape index (κ2) is 10.3. The van der Waals surface area contributed by atoms with E-state index in [1.54, 1.807) is 0 Å². The molecular formula is C24H28N2O6. The van der Waals surface area contributed by atoms with E-state index in [0.29, 0.717) is 0 Å². The van der Waals surface area contributed by atoms with Gasteiger partial charge >= 0.3 is 12.1 Å². The van der Waals surface area contributed by atoms with Crippen molar-refractivity contribution in [2.75, 3.05) is 6.61 Å². The van der Waals surface area contributed by atoms with Crippen LogP contribution in [0.2, 0.25) is 0 Å². The number of benzene rings is 2. The predicted molar refractivity (Wildman–Crippen MR) is 118 cm³/mol. The maximum absolute atomic E-state index is 12.5. The minimum atomic E-state index is -1.19. The lowest BCUT2D eigenvalue weighted by molar-refractivity contribution is -0.158. The number of nitrogens with one attached hydrogen (secondary N) is 2. The summed E-state index contributed by atoms with van der Waals surface area (Å²) in [5.74, 6) is -1.84. The van der Waals surface area contributed by atoms with E-state index in [0.717, 1.165) is 22.3 Å². The van der Waals surface area contributed by atoms with Crippen LogP contribution in [-0.2, 0) is 19.2 Å². The summed E-state index contributed by atoms with van der Waals surface area (Å²) in [4.78, 5) is 40.2. The number of fused-ring (bicyclic) bond motifs is 3. The van der Waals surface area contributed by atoms with Crippen LogP contribution in [0.5, 0.6) is 0 Å². The highest BCUT2D eigenvalue weighted by Crippen LogP contribution is 2.44. The molecule has 0 aromatic heterocycles. The zero-order valence-corrected chi connectivity index (χ0v) is 18.3. The van der Waals surface area contributed by atoms with Crippen LogP contribution in [0.25, 0.3) is 11.1 Å². The average Bonchev–Trinajstić information content (AvgIpc) is 3.09. The van der Waals surface area contributed by atoms with E-state index in [1.807, 2.05) is 50.2 Å². The molecule has 32 heavy (non-hydrogen) atoms. The molecule has 1 unspecified atom stereocenters. The number of carboxylic acids is 1. The van der Waals surface area contributed by atoms with Gasteiger partial charge in [-0.1, -0.05) is 62.4 Å². The second-order valence-electron chi connectivity index (χ2n) is 8.15. The van der Waals surface area contributed by atoms with Crippen molar-refractivity contribution in [3.05, 3.63) is 59.7 Å². The first kappa shape index (κ1) is 23.3. The Hall–Kier alpha value is -3.39. The van der Waals surface area contributed by atoms with E-state index < -0.39 is 30.1 Å². The lowest BCUT2D eigenvalue weighted by atomic mass is 9.98. The highest BCUT2D eigenvalue weighted by atomic mass is 16.7. The van der Waals surface area contributed by atoms with Crippen molar-refractivity contribution in [3.63, 3.8) is 0 Å². The van der Waals surface area contributed by atoms with E-state index in [9.17, 15) is 14.4 Å². The molecule has 0 fully saturated rings. The molecule has 0 aliphatic heterocycles. The molecule has 1 aliphatic carbocycles. The fourth-order valence-corrected chi connectivity index (χ4v) is 3.69. The van der Waals surface area contributed by atoms with E-state index in [-0.39, 0.29) is 24.9 Å². The lowest BCUT2D eigenvalue weighted by Gasteiger charge is -2.22. The molecule has 0 saturated carbocycles. The van der Waals surface area contributed by atoms with Gasteiger partial charge < -0.3 is 15.2 Å². The molecule has 0 bridgehead atoms. The van der Waals surface area contributed by atoms with Gasteiger partial charge in [-0.2, -0.15) is 0 Å². The van der Waals surface area contributed by atoms with Crippen molar-refractivity contribution < 1.29 is 29.1 Å². The first-order valence-electron chi connectivity index (χ1n) is 10.6. The summed E-state index contributed by atoms with van der Waals surface area (Å²) >= 11 is 0. The van der Waals surface area contributed by atoms with Gasteiger partial charge in [0.1, 0.15) is 6.61 Å². The Morgan fingerprint density at radius 2 is 1.53 bits per heavy atom. The Kier molecular flexibility index (Phi) is 7.48. The highest BCUT2D eigenvalue weighted by Gasteiger charge is 2.29. The lowest BCUT2D eigenvalue weighted by Crippen LogP contribution is -2.43. The van der Waals surface area contributed by atoms with Gasteiger partial charge in [0.05, 0.1) is 0 Å². The Labute approximate surface area is 186 Å². The van der Waals surface area contributed by atoms with Crippen LogP contribution in [0.15, 0.2) is 48.5 Å². The highest BCUT2D eigenvalue weighted by molar-refractivity contribution is 5.79.